The third-order valence-electron chi connectivity index (χ3n) is 2.05. The van der Waals surface area contributed by atoms with Gasteiger partial charge in [-0.1, -0.05) is 18.7 Å². The summed E-state index contributed by atoms with van der Waals surface area (Å²) in [6.45, 7) is 4.08. The molecule has 17 heavy (non-hydrogen) atoms. The van der Waals surface area contributed by atoms with Crippen molar-refractivity contribution in [2.75, 3.05) is 6.61 Å². The van der Waals surface area contributed by atoms with Crippen molar-refractivity contribution in [3.05, 3.63) is 23.9 Å². The lowest BCUT2D eigenvalue weighted by Gasteiger charge is -2.12. The molecule has 0 aliphatic heterocycles. The zero-order valence-electron chi connectivity index (χ0n) is 9.84. The highest BCUT2D eigenvalue weighted by molar-refractivity contribution is 8.00. The Morgan fingerprint density at radius 3 is 3.00 bits per heavy atom. The van der Waals surface area contributed by atoms with E-state index in [9.17, 15) is 4.79 Å². The number of nitrogens with zero attached hydrogens (tertiary/aromatic N) is 2. The lowest BCUT2D eigenvalue weighted by molar-refractivity contribution is -0.142. The fraction of sp³-hybridized carbons (Fsp3) is 0.417. The molecule has 1 aromatic heterocycles. The summed E-state index contributed by atoms with van der Waals surface area (Å²) in [7, 11) is 0. The van der Waals surface area contributed by atoms with Crippen LogP contribution in [0.1, 0.15) is 25.8 Å². The third kappa shape index (κ3) is 4.08. The Labute approximate surface area is 105 Å². The van der Waals surface area contributed by atoms with Crippen LogP contribution in [0.15, 0.2) is 23.4 Å². The number of hydrogen-bond donors (Lipinski definition) is 0. The SMILES string of the molecule is CCOC(=O)C(CC)Sc1cc(C#N)ccn1. The van der Waals surface area contributed by atoms with Crippen LogP contribution in [0.25, 0.3) is 0 Å². The topological polar surface area (TPSA) is 63.0 Å². The highest BCUT2D eigenvalue weighted by Gasteiger charge is 2.19. The standard InChI is InChI=1S/C12H14N2O2S/c1-3-10(12(15)16-4-2)17-11-7-9(8-13)5-6-14-11/h5-7,10H,3-4H2,1-2H3. The number of thioether (sulfide) groups is 1. The summed E-state index contributed by atoms with van der Waals surface area (Å²) in [5.74, 6) is -0.232. The number of aromatic nitrogens is 1. The van der Waals surface area contributed by atoms with Gasteiger partial charge < -0.3 is 4.74 Å². The molecular weight excluding hydrogens is 236 g/mol. The van der Waals surface area contributed by atoms with E-state index in [1.54, 1.807) is 25.3 Å². The molecule has 0 aliphatic carbocycles. The molecule has 1 atom stereocenters. The molecule has 0 spiro atoms. The maximum absolute atomic E-state index is 11.6. The minimum absolute atomic E-state index is 0.232. The Morgan fingerprint density at radius 1 is 1.65 bits per heavy atom. The zero-order valence-corrected chi connectivity index (χ0v) is 10.7. The van der Waals surface area contributed by atoms with Crippen LogP contribution in [-0.4, -0.2) is 22.8 Å². The molecular formula is C12H14N2O2S. The molecule has 0 bridgehead atoms. The van der Waals surface area contributed by atoms with Crippen LogP contribution in [0.3, 0.4) is 0 Å². The Hall–Kier alpha value is -1.54. The monoisotopic (exact) mass is 250 g/mol. The average Bonchev–Trinajstić information content (AvgIpc) is 2.36. The maximum Gasteiger partial charge on any atom is 0.319 e. The van der Waals surface area contributed by atoms with Crippen molar-refractivity contribution in [3.63, 3.8) is 0 Å². The first-order valence-corrected chi connectivity index (χ1v) is 6.28. The van der Waals surface area contributed by atoms with Crippen molar-refractivity contribution >= 4 is 17.7 Å². The summed E-state index contributed by atoms with van der Waals surface area (Å²) in [6, 6.07) is 5.35. The number of carbonyl (C=O) groups is 1. The Bertz CT molecular complexity index is 429. The first-order valence-electron chi connectivity index (χ1n) is 5.40. The van der Waals surface area contributed by atoms with Crippen LogP contribution >= 0.6 is 11.8 Å². The Morgan fingerprint density at radius 2 is 2.41 bits per heavy atom. The minimum Gasteiger partial charge on any atom is -0.465 e. The molecule has 0 radical (unpaired) electrons. The van der Waals surface area contributed by atoms with Crippen LogP contribution < -0.4 is 0 Å². The Balaban J connectivity index is 2.73. The van der Waals surface area contributed by atoms with Gasteiger partial charge in [-0.15, -0.1) is 0 Å². The number of ether oxygens (including phenoxy) is 1. The van der Waals surface area contributed by atoms with Crippen molar-refractivity contribution in [2.45, 2.75) is 30.5 Å². The predicted octanol–water partition coefficient (Wildman–Crippen LogP) is 2.39. The van der Waals surface area contributed by atoms with E-state index in [2.05, 4.69) is 4.98 Å². The fourth-order valence-corrected chi connectivity index (χ4v) is 2.16. The third-order valence-corrected chi connectivity index (χ3v) is 3.32. The number of pyridine rings is 1. The molecule has 0 saturated carbocycles. The van der Waals surface area contributed by atoms with Crippen LogP contribution in [-0.2, 0) is 9.53 Å². The van der Waals surface area contributed by atoms with Crippen molar-refractivity contribution in [1.82, 2.24) is 4.98 Å². The first-order chi connectivity index (χ1) is 8.21. The smallest absolute Gasteiger partial charge is 0.319 e. The fourth-order valence-electron chi connectivity index (χ4n) is 1.22. The second kappa shape index (κ2) is 6.92. The van der Waals surface area contributed by atoms with Crippen molar-refractivity contribution < 1.29 is 9.53 Å². The molecule has 1 rings (SSSR count). The molecule has 1 aromatic rings. The molecule has 5 heteroatoms. The molecule has 0 N–H and O–H groups in total. The second-order valence-corrected chi connectivity index (χ2v) is 4.48. The van der Waals surface area contributed by atoms with Crippen molar-refractivity contribution in [3.8, 4) is 6.07 Å². The lowest BCUT2D eigenvalue weighted by Crippen LogP contribution is -2.19. The van der Waals surface area contributed by atoms with Gasteiger partial charge in [0.2, 0.25) is 0 Å². The lowest BCUT2D eigenvalue weighted by atomic mass is 10.3. The van der Waals surface area contributed by atoms with E-state index in [1.807, 2.05) is 13.0 Å². The number of rotatable bonds is 5. The number of carbonyl (C=O) groups excluding carboxylic acids is 1. The van der Waals surface area contributed by atoms with E-state index in [1.165, 1.54) is 11.8 Å². The van der Waals surface area contributed by atoms with Gasteiger partial charge in [0, 0.05) is 6.20 Å². The van der Waals surface area contributed by atoms with Gasteiger partial charge in [0.05, 0.1) is 23.3 Å². The quantitative estimate of drug-likeness (QED) is 0.593. The van der Waals surface area contributed by atoms with E-state index >= 15 is 0 Å². The molecule has 0 fully saturated rings. The summed E-state index contributed by atoms with van der Waals surface area (Å²) < 4.78 is 4.97. The van der Waals surface area contributed by atoms with Gasteiger partial charge in [-0.2, -0.15) is 5.26 Å². The normalized spacial score (nSPS) is 11.6. The zero-order chi connectivity index (χ0) is 12.7. The van der Waals surface area contributed by atoms with Gasteiger partial charge >= 0.3 is 5.97 Å². The van der Waals surface area contributed by atoms with Crippen molar-refractivity contribution in [2.24, 2.45) is 0 Å². The molecule has 0 amide bonds. The van der Waals surface area contributed by atoms with Crippen molar-refractivity contribution in [1.29, 1.82) is 5.26 Å². The molecule has 0 aromatic carbocycles. The van der Waals surface area contributed by atoms with Gasteiger partial charge in [0.25, 0.3) is 0 Å². The van der Waals surface area contributed by atoms with Crippen LogP contribution in [0.5, 0.6) is 0 Å². The van der Waals surface area contributed by atoms with E-state index in [-0.39, 0.29) is 11.2 Å². The summed E-state index contributed by atoms with van der Waals surface area (Å²) in [5.41, 5.74) is 0.543. The predicted molar refractivity (Wildman–Crippen MR) is 65.5 cm³/mol. The molecule has 90 valence electrons. The van der Waals surface area contributed by atoms with E-state index < -0.39 is 0 Å². The number of nitriles is 1. The molecule has 4 nitrogen and oxygen atoms in total. The van der Waals surface area contributed by atoms with Gasteiger partial charge in [0.1, 0.15) is 5.25 Å². The molecule has 0 saturated heterocycles. The van der Waals surface area contributed by atoms with E-state index in [4.69, 9.17) is 10.00 Å². The number of hydrogen-bond acceptors (Lipinski definition) is 5. The Kier molecular flexibility index (Phi) is 5.50. The molecule has 1 unspecified atom stereocenters. The summed E-state index contributed by atoms with van der Waals surface area (Å²) in [4.78, 5) is 15.7. The summed E-state index contributed by atoms with van der Waals surface area (Å²) in [5, 5.41) is 9.17. The molecule has 0 aliphatic rings. The van der Waals surface area contributed by atoms with Gasteiger partial charge in [0.15, 0.2) is 0 Å². The average molecular weight is 250 g/mol. The summed E-state index contributed by atoms with van der Waals surface area (Å²) >= 11 is 1.33. The number of esters is 1. The minimum atomic E-state index is -0.267. The second-order valence-electron chi connectivity index (χ2n) is 3.26. The van der Waals surface area contributed by atoms with Gasteiger partial charge in [-0.3, -0.25) is 4.79 Å². The van der Waals surface area contributed by atoms with Crippen LogP contribution in [0.2, 0.25) is 0 Å². The van der Waals surface area contributed by atoms with E-state index in [0.29, 0.717) is 23.6 Å². The maximum atomic E-state index is 11.6. The highest BCUT2D eigenvalue weighted by atomic mass is 32.2. The summed E-state index contributed by atoms with van der Waals surface area (Å²) in [6.07, 6.45) is 2.24. The van der Waals surface area contributed by atoms with Crippen LogP contribution in [0, 0.1) is 11.3 Å². The first kappa shape index (κ1) is 13.5. The van der Waals surface area contributed by atoms with Crippen LogP contribution in [0.4, 0.5) is 0 Å². The molecule has 1 heterocycles. The largest absolute Gasteiger partial charge is 0.465 e. The van der Waals surface area contributed by atoms with Gasteiger partial charge in [-0.25, -0.2) is 4.98 Å². The van der Waals surface area contributed by atoms with Gasteiger partial charge in [-0.05, 0) is 25.5 Å². The van der Waals surface area contributed by atoms with E-state index in [0.717, 1.165) is 0 Å². The highest BCUT2D eigenvalue weighted by Crippen LogP contribution is 2.24.